The first kappa shape index (κ1) is 19.9. The summed E-state index contributed by atoms with van der Waals surface area (Å²) in [5, 5.41) is 4.25. The van der Waals surface area contributed by atoms with Crippen LogP contribution in [0.2, 0.25) is 10.0 Å². The van der Waals surface area contributed by atoms with Gasteiger partial charge in [0.05, 0.1) is 35.1 Å². The van der Waals surface area contributed by atoms with Crippen LogP contribution in [-0.4, -0.2) is 60.2 Å². The molecule has 0 unspecified atom stereocenters. The molecule has 24 heavy (non-hydrogen) atoms. The molecule has 6 nitrogen and oxygen atoms in total. The van der Waals surface area contributed by atoms with Gasteiger partial charge >= 0.3 is 0 Å². The molecule has 9 heteroatoms. The average Bonchev–Trinajstić information content (AvgIpc) is 2.79. The van der Waals surface area contributed by atoms with E-state index in [0.717, 1.165) is 5.56 Å². The molecule has 1 aliphatic heterocycles. The van der Waals surface area contributed by atoms with Crippen LogP contribution >= 0.6 is 23.2 Å². The standard InChI is InChI=1S/C15H22Cl2N2O4S/c1-22-6-7-24(20,21)19-10-15-12(9-18-4-5-23-15)11-2-3-13(16)14(17)8-11/h2-3,8,12,15,18-19H,4-7,9-10H2,1H3/t12-,15+/m0/s1. The average molecular weight is 397 g/mol. The van der Waals surface area contributed by atoms with Crippen LogP contribution in [0.4, 0.5) is 0 Å². The lowest BCUT2D eigenvalue weighted by Gasteiger charge is -2.25. The normalized spacial score (nSPS) is 22.3. The van der Waals surface area contributed by atoms with E-state index in [2.05, 4.69) is 10.0 Å². The lowest BCUT2D eigenvalue weighted by Crippen LogP contribution is -2.39. The van der Waals surface area contributed by atoms with E-state index in [0.29, 0.717) is 29.7 Å². The fourth-order valence-corrected chi connectivity index (χ4v) is 3.79. The zero-order valence-corrected chi connectivity index (χ0v) is 15.8. The number of nitrogens with one attached hydrogen (secondary N) is 2. The second-order valence-electron chi connectivity index (χ2n) is 5.55. The van der Waals surface area contributed by atoms with Crippen LogP contribution in [0, 0.1) is 0 Å². The molecular formula is C15H22Cl2N2O4S. The van der Waals surface area contributed by atoms with Gasteiger partial charge in [0, 0.05) is 32.7 Å². The van der Waals surface area contributed by atoms with Crippen molar-refractivity contribution in [2.75, 3.05) is 45.7 Å². The van der Waals surface area contributed by atoms with Crippen LogP contribution in [0.3, 0.4) is 0 Å². The fraction of sp³-hybridized carbons (Fsp3) is 0.600. The van der Waals surface area contributed by atoms with Gasteiger partial charge in [-0.15, -0.1) is 0 Å². The first-order valence-corrected chi connectivity index (χ1v) is 10.1. The third kappa shape index (κ3) is 5.84. The molecule has 1 aliphatic rings. The van der Waals surface area contributed by atoms with E-state index in [4.69, 9.17) is 32.7 Å². The summed E-state index contributed by atoms with van der Waals surface area (Å²) in [6.07, 6.45) is -0.297. The zero-order chi connectivity index (χ0) is 17.6. The number of halogens is 2. The van der Waals surface area contributed by atoms with Gasteiger partial charge in [-0.25, -0.2) is 13.1 Å². The number of ether oxygens (including phenoxy) is 2. The molecule has 136 valence electrons. The van der Waals surface area contributed by atoms with E-state index in [9.17, 15) is 8.42 Å². The largest absolute Gasteiger partial charge is 0.384 e. The minimum atomic E-state index is -3.40. The van der Waals surface area contributed by atoms with Gasteiger partial charge in [-0.1, -0.05) is 29.3 Å². The molecular weight excluding hydrogens is 375 g/mol. The van der Waals surface area contributed by atoms with Crippen molar-refractivity contribution in [2.45, 2.75) is 12.0 Å². The molecule has 0 aromatic heterocycles. The van der Waals surface area contributed by atoms with Gasteiger partial charge in [-0.2, -0.15) is 0 Å². The molecule has 0 aliphatic carbocycles. The topological polar surface area (TPSA) is 76.7 Å². The Morgan fingerprint density at radius 1 is 1.38 bits per heavy atom. The van der Waals surface area contributed by atoms with E-state index in [1.165, 1.54) is 7.11 Å². The Hall–Kier alpha value is -0.410. The maximum atomic E-state index is 12.0. The van der Waals surface area contributed by atoms with Gasteiger partial charge in [0.25, 0.3) is 0 Å². The van der Waals surface area contributed by atoms with E-state index in [1.807, 2.05) is 6.07 Å². The predicted octanol–water partition coefficient (Wildman–Crippen LogP) is 1.63. The highest BCUT2D eigenvalue weighted by Crippen LogP contribution is 2.29. The smallest absolute Gasteiger partial charge is 0.213 e. The third-order valence-corrected chi connectivity index (χ3v) is 5.91. The van der Waals surface area contributed by atoms with Crippen molar-refractivity contribution < 1.29 is 17.9 Å². The fourth-order valence-electron chi connectivity index (χ4n) is 2.54. The zero-order valence-electron chi connectivity index (χ0n) is 13.4. The Morgan fingerprint density at radius 2 is 2.17 bits per heavy atom. The van der Waals surface area contributed by atoms with Crippen molar-refractivity contribution in [3.05, 3.63) is 33.8 Å². The Morgan fingerprint density at radius 3 is 2.88 bits per heavy atom. The van der Waals surface area contributed by atoms with Crippen molar-refractivity contribution in [3.8, 4) is 0 Å². The number of hydrogen-bond donors (Lipinski definition) is 2. The first-order chi connectivity index (χ1) is 11.4. The van der Waals surface area contributed by atoms with Crippen molar-refractivity contribution in [2.24, 2.45) is 0 Å². The van der Waals surface area contributed by atoms with Crippen molar-refractivity contribution in [1.29, 1.82) is 0 Å². The Kier molecular flexibility index (Phi) is 7.74. The van der Waals surface area contributed by atoms with Gasteiger partial charge in [-0.3, -0.25) is 0 Å². The summed E-state index contributed by atoms with van der Waals surface area (Å²) in [5.41, 5.74) is 0.958. The summed E-state index contributed by atoms with van der Waals surface area (Å²) < 4.78 is 37.2. The van der Waals surface area contributed by atoms with Crippen LogP contribution in [-0.2, 0) is 19.5 Å². The predicted molar refractivity (Wildman–Crippen MR) is 95.5 cm³/mol. The molecule has 0 bridgehead atoms. The first-order valence-electron chi connectivity index (χ1n) is 7.66. The highest BCUT2D eigenvalue weighted by atomic mass is 35.5. The van der Waals surface area contributed by atoms with Gasteiger partial charge in [0.15, 0.2) is 0 Å². The summed E-state index contributed by atoms with van der Waals surface area (Å²) >= 11 is 12.1. The number of sulfonamides is 1. The molecule has 0 radical (unpaired) electrons. The molecule has 0 amide bonds. The third-order valence-electron chi connectivity index (χ3n) is 3.86. The van der Waals surface area contributed by atoms with Crippen LogP contribution in [0.1, 0.15) is 11.5 Å². The SMILES string of the molecule is COCCS(=O)(=O)NC[C@H]1OCCNC[C@H]1c1ccc(Cl)c(Cl)c1. The molecule has 0 spiro atoms. The highest BCUT2D eigenvalue weighted by Gasteiger charge is 2.27. The monoisotopic (exact) mass is 396 g/mol. The van der Waals surface area contributed by atoms with Crippen molar-refractivity contribution in [3.63, 3.8) is 0 Å². The van der Waals surface area contributed by atoms with Gasteiger partial charge in [0.2, 0.25) is 10.0 Å². The second-order valence-corrected chi connectivity index (χ2v) is 8.29. The lowest BCUT2D eigenvalue weighted by atomic mass is 9.93. The molecule has 1 heterocycles. The van der Waals surface area contributed by atoms with Crippen molar-refractivity contribution >= 4 is 33.2 Å². The minimum Gasteiger partial charge on any atom is -0.384 e. The summed E-state index contributed by atoms with van der Waals surface area (Å²) in [6, 6.07) is 5.43. The molecule has 2 rings (SSSR count). The molecule has 2 N–H and O–H groups in total. The van der Waals surface area contributed by atoms with Crippen LogP contribution in [0.25, 0.3) is 0 Å². The molecule has 1 aromatic rings. The van der Waals surface area contributed by atoms with Crippen LogP contribution < -0.4 is 10.0 Å². The van der Waals surface area contributed by atoms with E-state index in [-0.39, 0.29) is 30.9 Å². The number of rotatable bonds is 7. The van der Waals surface area contributed by atoms with E-state index in [1.54, 1.807) is 12.1 Å². The van der Waals surface area contributed by atoms with Crippen LogP contribution in [0.15, 0.2) is 18.2 Å². The van der Waals surface area contributed by atoms with Gasteiger partial charge in [0.1, 0.15) is 0 Å². The van der Waals surface area contributed by atoms with Gasteiger partial charge < -0.3 is 14.8 Å². The quantitative estimate of drug-likeness (QED) is 0.732. The molecule has 1 saturated heterocycles. The molecule has 0 saturated carbocycles. The summed E-state index contributed by atoms with van der Waals surface area (Å²) in [6.45, 7) is 2.24. The Balaban J connectivity index is 2.10. The second kappa shape index (κ2) is 9.33. The number of methoxy groups -OCH3 is 1. The summed E-state index contributed by atoms with van der Waals surface area (Å²) in [7, 11) is -1.93. The van der Waals surface area contributed by atoms with Gasteiger partial charge in [-0.05, 0) is 17.7 Å². The lowest BCUT2D eigenvalue weighted by molar-refractivity contribution is 0.0559. The highest BCUT2D eigenvalue weighted by molar-refractivity contribution is 7.89. The molecule has 1 fully saturated rings. The maximum absolute atomic E-state index is 12.0. The molecule has 1 aromatic carbocycles. The number of hydrogen-bond acceptors (Lipinski definition) is 5. The van der Waals surface area contributed by atoms with E-state index < -0.39 is 10.0 Å². The Bertz CT molecular complexity index is 642. The molecule has 2 atom stereocenters. The summed E-state index contributed by atoms with van der Waals surface area (Å²) in [5.74, 6) is -0.112. The van der Waals surface area contributed by atoms with Crippen LogP contribution in [0.5, 0.6) is 0 Å². The minimum absolute atomic E-state index is 0.0348. The van der Waals surface area contributed by atoms with Crippen molar-refractivity contribution in [1.82, 2.24) is 10.0 Å². The number of benzene rings is 1. The summed E-state index contributed by atoms with van der Waals surface area (Å²) in [4.78, 5) is 0. The maximum Gasteiger partial charge on any atom is 0.213 e. The Labute approximate surface area is 152 Å². The van der Waals surface area contributed by atoms with E-state index >= 15 is 0 Å².